The van der Waals surface area contributed by atoms with Gasteiger partial charge in [0.05, 0.1) is 6.54 Å². The lowest BCUT2D eigenvalue weighted by Gasteiger charge is -2.01. The first kappa shape index (κ1) is 10.4. The second kappa shape index (κ2) is 4.61. The first-order valence-corrected chi connectivity index (χ1v) is 5.58. The molecule has 4 nitrogen and oxygen atoms in total. The van der Waals surface area contributed by atoms with E-state index in [0.717, 1.165) is 15.1 Å². The highest BCUT2D eigenvalue weighted by atomic mass is 127. The molecule has 0 amide bonds. The Hall–Kier alpha value is -1.11. The number of furan rings is 1. The zero-order valence-corrected chi connectivity index (χ0v) is 10.4. The average molecular weight is 315 g/mol. The Morgan fingerprint density at radius 2 is 2.07 bits per heavy atom. The van der Waals surface area contributed by atoms with Crippen molar-refractivity contribution >= 4 is 28.5 Å². The smallest absolute Gasteiger partial charge is 0.223 e. The lowest BCUT2D eigenvalue weighted by Crippen LogP contribution is -2.02. The normalized spacial score (nSPS) is 10.3. The summed E-state index contributed by atoms with van der Waals surface area (Å²) in [6.45, 7) is 2.53. The molecule has 0 aliphatic rings. The molecule has 0 spiro atoms. The fourth-order valence-corrected chi connectivity index (χ4v) is 1.43. The summed E-state index contributed by atoms with van der Waals surface area (Å²) in [6.07, 6.45) is 3.53. The summed E-state index contributed by atoms with van der Waals surface area (Å²) >= 11 is 2.17. The first-order valence-electron chi connectivity index (χ1n) is 4.51. The molecule has 0 aromatic carbocycles. The molecule has 0 bridgehead atoms. The molecule has 78 valence electrons. The van der Waals surface area contributed by atoms with E-state index in [2.05, 4.69) is 37.9 Å². The van der Waals surface area contributed by atoms with E-state index in [9.17, 15) is 0 Å². The predicted octanol–water partition coefficient (Wildman–Crippen LogP) is 2.59. The van der Waals surface area contributed by atoms with Gasteiger partial charge in [-0.25, -0.2) is 9.97 Å². The number of anilines is 1. The minimum absolute atomic E-state index is 0.606. The van der Waals surface area contributed by atoms with Crippen LogP contribution < -0.4 is 5.32 Å². The van der Waals surface area contributed by atoms with Crippen LogP contribution in [0.5, 0.6) is 0 Å². The molecule has 0 atom stereocenters. The molecule has 5 heteroatoms. The maximum absolute atomic E-state index is 5.41. The number of aryl methyl sites for hydroxylation is 1. The van der Waals surface area contributed by atoms with Crippen LogP contribution in [0.15, 0.2) is 28.9 Å². The van der Waals surface area contributed by atoms with Crippen LogP contribution in [-0.4, -0.2) is 9.97 Å². The molecule has 0 aliphatic carbocycles. The monoisotopic (exact) mass is 315 g/mol. The Labute approximate surface area is 101 Å². The van der Waals surface area contributed by atoms with Crippen molar-refractivity contribution in [3.05, 3.63) is 39.6 Å². The molecule has 0 aliphatic heterocycles. The fourth-order valence-electron chi connectivity index (χ4n) is 1.15. The molecule has 0 radical (unpaired) electrons. The highest BCUT2D eigenvalue weighted by Gasteiger charge is 1.99. The van der Waals surface area contributed by atoms with Gasteiger partial charge in [-0.3, -0.25) is 0 Å². The zero-order chi connectivity index (χ0) is 10.7. The van der Waals surface area contributed by atoms with Gasteiger partial charge in [-0.2, -0.15) is 0 Å². The molecule has 2 heterocycles. The Morgan fingerprint density at radius 3 is 2.67 bits per heavy atom. The molecule has 0 saturated carbocycles. The third-order valence-electron chi connectivity index (χ3n) is 1.84. The van der Waals surface area contributed by atoms with Crippen molar-refractivity contribution < 1.29 is 4.42 Å². The summed E-state index contributed by atoms with van der Waals surface area (Å²) in [7, 11) is 0. The van der Waals surface area contributed by atoms with Gasteiger partial charge in [0.15, 0.2) is 0 Å². The highest BCUT2D eigenvalue weighted by molar-refractivity contribution is 14.1. The molecule has 2 aromatic rings. The van der Waals surface area contributed by atoms with E-state index in [1.807, 2.05) is 19.1 Å². The number of nitrogens with zero attached hydrogens (tertiary/aromatic N) is 2. The quantitative estimate of drug-likeness (QED) is 0.885. The van der Waals surface area contributed by atoms with Gasteiger partial charge >= 0.3 is 0 Å². The Morgan fingerprint density at radius 1 is 1.33 bits per heavy atom. The van der Waals surface area contributed by atoms with Crippen molar-refractivity contribution in [2.24, 2.45) is 0 Å². The molecular weight excluding hydrogens is 305 g/mol. The van der Waals surface area contributed by atoms with E-state index in [0.29, 0.717) is 12.5 Å². The minimum Gasteiger partial charge on any atom is -0.465 e. The van der Waals surface area contributed by atoms with Crippen molar-refractivity contribution in [1.82, 2.24) is 9.97 Å². The van der Waals surface area contributed by atoms with Crippen LogP contribution in [0.2, 0.25) is 0 Å². The standard InChI is InChI=1S/C10H10IN3O/c1-7-2-3-9(15-7)6-14-10-12-4-8(11)5-13-10/h2-5H,6H2,1H3,(H,12,13,14). The van der Waals surface area contributed by atoms with Crippen LogP contribution in [0.3, 0.4) is 0 Å². The molecule has 15 heavy (non-hydrogen) atoms. The summed E-state index contributed by atoms with van der Waals surface area (Å²) in [5.74, 6) is 2.41. The van der Waals surface area contributed by atoms with Crippen LogP contribution in [0, 0.1) is 10.5 Å². The van der Waals surface area contributed by atoms with Crippen molar-refractivity contribution in [2.45, 2.75) is 13.5 Å². The lowest BCUT2D eigenvalue weighted by molar-refractivity contribution is 0.490. The zero-order valence-electron chi connectivity index (χ0n) is 8.20. The van der Waals surface area contributed by atoms with E-state index >= 15 is 0 Å². The Balaban J connectivity index is 1.96. The van der Waals surface area contributed by atoms with Gasteiger partial charge in [-0.15, -0.1) is 0 Å². The van der Waals surface area contributed by atoms with Crippen LogP contribution in [0.1, 0.15) is 11.5 Å². The van der Waals surface area contributed by atoms with Crippen molar-refractivity contribution in [1.29, 1.82) is 0 Å². The second-order valence-corrected chi connectivity index (χ2v) is 4.34. The Bertz CT molecular complexity index is 438. The highest BCUT2D eigenvalue weighted by Crippen LogP contribution is 2.08. The van der Waals surface area contributed by atoms with Gasteiger partial charge in [-0.1, -0.05) is 0 Å². The summed E-state index contributed by atoms with van der Waals surface area (Å²) in [5.41, 5.74) is 0. The molecule has 0 saturated heterocycles. The minimum atomic E-state index is 0.606. The van der Waals surface area contributed by atoms with Gasteiger partial charge in [0.25, 0.3) is 0 Å². The fraction of sp³-hybridized carbons (Fsp3) is 0.200. The van der Waals surface area contributed by atoms with Crippen molar-refractivity contribution in [2.75, 3.05) is 5.32 Å². The van der Waals surface area contributed by atoms with E-state index < -0.39 is 0 Å². The van der Waals surface area contributed by atoms with Crippen LogP contribution in [0.25, 0.3) is 0 Å². The first-order chi connectivity index (χ1) is 7.24. The molecule has 0 fully saturated rings. The molecule has 1 N–H and O–H groups in total. The maximum atomic E-state index is 5.41. The number of aromatic nitrogens is 2. The Kier molecular flexibility index (Phi) is 3.20. The van der Waals surface area contributed by atoms with Gasteiger partial charge in [0, 0.05) is 16.0 Å². The topological polar surface area (TPSA) is 51.0 Å². The third-order valence-corrected chi connectivity index (χ3v) is 2.39. The van der Waals surface area contributed by atoms with Crippen LogP contribution in [-0.2, 0) is 6.54 Å². The number of hydrogen-bond acceptors (Lipinski definition) is 4. The van der Waals surface area contributed by atoms with Gasteiger partial charge in [-0.05, 0) is 41.6 Å². The maximum Gasteiger partial charge on any atom is 0.223 e. The third kappa shape index (κ3) is 2.92. The molecule has 0 unspecified atom stereocenters. The van der Waals surface area contributed by atoms with Gasteiger partial charge in [0.2, 0.25) is 5.95 Å². The summed E-state index contributed by atoms with van der Waals surface area (Å²) in [6, 6.07) is 3.88. The van der Waals surface area contributed by atoms with Gasteiger partial charge < -0.3 is 9.73 Å². The number of rotatable bonds is 3. The molecule has 2 aromatic heterocycles. The second-order valence-electron chi connectivity index (χ2n) is 3.09. The van der Waals surface area contributed by atoms with E-state index in [-0.39, 0.29) is 0 Å². The SMILES string of the molecule is Cc1ccc(CNc2ncc(I)cn2)o1. The lowest BCUT2D eigenvalue weighted by atomic mass is 10.4. The number of hydrogen-bond donors (Lipinski definition) is 1. The average Bonchev–Trinajstić information content (AvgIpc) is 2.64. The van der Waals surface area contributed by atoms with Crippen molar-refractivity contribution in [3.63, 3.8) is 0 Å². The summed E-state index contributed by atoms with van der Waals surface area (Å²) in [4.78, 5) is 8.26. The van der Waals surface area contributed by atoms with Crippen molar-refractivity contribution in [3.8, 4) is 0 Å². The van der Waals surface area contributed by atoms with E-state index in [1.54, 1.807) is 12.4 Å². The van der Waals surface area contributed by atoms with Crippen LogP contribution >= 0.6 is 22.6 Å². The number of nitrogens with one attached hydrogen (secondary N) is 1. The van der Waals surface area contributed by atoms with E-state index in [1.165, 1.54) is 0 Å². The largest absolute Gasteiger partial charge is 0.465 e. The predicted molar refractivity (Wildman–Crippen MR) is 65.5 cm³/mol. The van der Waals surface area contributed by atoms with Gasteiger partial charge in [0.1, 0.15) is 11.5 Å². The van der Waals surface area contributed by atoms with E-state index in [4.69, 9.17) is 4.42 Å². The van der Waals surface area contributed by atoms with Crippen LogP contribution in [0.4, 0.5) is 5.95 Å². The summed E-state index contributed by atoms with van der Waals surface area (Å²) in [5, 5.41) is 3.08. The summed E-state index contributed by atoms with van der Waals surface area (Å²) < 4.78 is 6.43. The number of halogens is 1. The molecular formula is C10H10IN3O. The molecule has 2 rings (SSSR count).